The second-order valence-electron chi connectivity index (χ2n) is 5.78. The van der Waals surface area contributed by atoms with Gasteiger partial charge in [-0.1, -0.05) is 24.3 Å². The molecular weight excluding hydrogens is 331 g/mol. The van der Waals surface area contributed by atoms with Gasteiger partial charge in [-0.2, -0.15) is 0 Å². The number of hydrogen-bond acceptors (Lipinski definition) is 3. The number of pyridine rings is 1. The van der Waals surface area contributed by atoms with Crippen LogP contribution in [0, 0.1) is 5.82 Å². The van der Waals surface area contributed by atoms with Gasteiger partial charge in [-0.25, -0.2) is 9.37 Å². The SMILES string of the molecule is O=C(Cn1c(-c2cccnc2)nc2ccccc21)Nc1ccccc1F. The molecule has 0 bridgehead atoms. The normalized spacial score (nSPS) is 10.8. The molecule has 0 atom stereocenters. The zero-order valence-electron chi connectivity index (χ0n) is 13.8. The number of carbonyl (C=O) groups is 1. The van der Waals surface area contributed by atoms with Gasteiger partial charge < -0.3 is 9.88 Å². The Bertz CT molecular complexity index is 1080. The summed E-state index contributed by atoms with van der Waals surface area (Å²) in [6.07, 6.45) is 3.38. The summed E-state index contributed by atoms with van der Waals surface area (Å²) in [7, 11) is 0. The van der Waals surface area contributed by atoms with Gasteiger partial charge in [0.25, 0.3) is 0 Å². The highest BCUT2D eigenvalue weighted by atomic mass is 19.1. The number of fused-ring (bicyclic) bond motifs is 1. The molecule has 4 aromatic rings. The Balaban J connectivity index is 1.71. The van der Waals surface area contributed by atoms with Crippen LogP contribution >= 0.6 is 0 Å². The summed E-state index contributed by atoms with van der Waals surface area (Å²) in [4.78, 5) is 21.3. The first-order valence-corrected chi connectivity index (χ1v) is 8.12. The summed E-state index contributed by atoms with van der Waals surface area (Å²) in [5, 5.41) is 2.61. The fourth-order valence-electron chi connectivity index (χ4n) is 2.85. The molecule has 4 rings (SSSR count). The van der Waals surface area contributed by atoms with Crippen LogP contribution in [0.4, 0.5) is 10.1 Å². The van der Waals surface area contributed by atoms with E-state index in [1.807, 2.05) is 41.0 Å². The van der Waals surface area contributed by atoms with Crippen LogP contribution in [0.3, 0.4) is 0 Å². The molecule has 128 valence electrons. The first-order valence-electron chi connectivity index (χ1n) is 8.12. The van der Waals surface area contributed by atoms with E-state index in [4.69, 9.17) is 0 Å². The highest BCUT2D eigenvalue weighted by Crippen LogP contribution is 2.24. The van der Waals surface area contributed by atoms with Gasteiger partial charge in [-0.05, 0) is 36.4 Å². The lowest BCUT2D eigenvalue weighted by Gasteiger charge is -2.10. The summed E-state index contributed by atoms with van der Waals surface area (Å²) in [5.41, 5.74) is 2.58. The van der Waals surface area contributed by atoms with E-state index in [1.54, 1.807) is 24.5 Å². The quantitative estimate of drug-likeness (QED) is 0.610. The van der Waals surface area contributed by atoms with Crippen LogP contribution in [0.15, 0.2) is 73.1 Å². The summed E-state index contributed by atoms with van der Waals surface area (Å²) < 4.78 is 15.6. The molecule has 0 radical (unpaired) electrons. The van der Waals surface area contributed by atoms with E-state index in [2.05, 4.69) is 15.3 Å². The van der Waals surface area contributed by atoms with Gasteiger partial charge in [0.2, 0.25) is 5.91 Å². The molecule has 0 aliphatic carbocycles. The summed E-state index contributed by atoms with van der Waals surface area (Å²) in [5.74, 6) is -0.157. The Hall–Kier alpha value is -3.54. The predicted molar refractivity (Wildman–Crippen MR) is 98.0 cm³/mol. The average Bonchev–Trinajstić information content (AvgIpc) is 3.03. The van der Waals surface area contributed by atoms with Crippen molar-refractivity contribution >= 4 is 22.6 Å². The first-order chi connectivity index (χ1) is 12.7. The molecule has 2 heterocycles. The molecule has 2 aromatic carbocycles. The number of halogens is 1. The third-order valence-corrected chi connectivity index (χ3v) is 4.02. The van der Waals surface area contributed by atoms with E-state index in [9.17, 15) is 9.18 Å². The second kappa shape index (κ2) is 6.76. The van der Waals surface area contributed by atoms with Crippen LogP contribution in [-0.4, -0.2) is 20.4 Å². The van der Waals surface area contributed by atoms with Crippen molar-refractivity contribution in [1.82, 2.24) is 14.5 Å². The summed E-state index contributed by atoms with van der Waals surface area (Å²) in [6, 6.07) is 17.4. The Morgan fingerprint density at radius 1 is 1.04 bits per heavy atom. The topological polar surface area (TPSA) is 59.8 Å². The van der Waals surface area contributed by atoms with Crippen molar-refractivity contribution in [3.8, 4) is 11.4 Å². The Kier molecular flexibility index (Phi) is 4.15. The second-order valence-corrected chi connectivity index (χ2v) is 5.78. The molecule has 2 aromatic heterocycles. The molecule has 0 saturated carbocycles. The number of hydrogen-bond donors (Lipinski definition) is 1. The Morgan fingerprint density at radius 2 is 1.85 bits per heavy atom. The van der Waals surface area contributed by atoms with Crippen molar-refractivity contribution in [2.75, 3.05) is 5.32 Å². The third-order valence-electron chi connectivity index (χ3n) is 4.02. The molecule has 5 nitrogen and oxygen atoms in total. The molecular formula is C20H15FN4O. The standard InChI is InChI=1S/C20H15FN4O/c21-15-7-1-2-8-16(15)23-19(26)13-25-18-10-4-3-9-17(18)24-20(25)14-6-5-11-22-12-14/h1-12H,13H2,(H,23,26). The van der Waals surface area contributed by atoms with E-state index in [0.29, 0.717) is 5.82 Å². The van der Waals surface area contributed by atoms with Crippen LogP contribution in [0.2, 0.25) is 0 Å². The molecule has 0 fully saturated rings. The van der Waals surface area contributed by atoms with Crippen molar-refractivity contribution in [3.63, 3.8) is 0 Å². The van der Waals surface area contributed by atoms with Crippen molar-refractivity contribution in [3.05, 3.63) is 78.9 Å². The molecule has 26 heavy (non-hydrogen) atoms. The smallest absolute Gasteiger partial charge is 0.244 e. The van der Waals surface area contributed by atoms with E-state index in [0.717, 1.165) is 16.6 Å². The highest BCUT2D eigenvalue weighted by Gasteiger charge is 2.16. The minimum absolute atomic E-state index is 0.0130. The fraction of sp³-hybridized carbons (Fsp3) is 0.0500. The fourth-order valence-corrected chi connectivity index (χ4v) is 2.85. The number of nitrogens with one attached hydrogen (secondary N) is 1. The number of imidazole rings is 1. The molecule has 1 amide bonds. The number of anilines is 1. The summed E-state index contributed by atoms with van der Waals surface area (Å²) >= 11 is 0. The predicted octanol–water partition coefficient (Wildman–Crippen LogP) is 3.88. The summed E-state index contributed by atoms with van der Waals surface area (Å²) in [6.45, 7) is 0.0130. The number of benzene rings is 2. The van der Waals surface area contributed by atoms with E-state index >= 15 is 0 Å². The van der Waals surface area contributed by atoms with Gasteiger partial charge in [-0.15, -0.1) is 0 Å². The Labute approximate surface area is 149 Å². The minimum atomic E-state index is -0.469. The lowest BCUT2D eigenvalue weighted by molar-refractivity contribution is -0.116. The first kappa shape index (κ1) is 16.0. The highest BCUT2D eigenvalue weighted by molar-refractivity contribution is 5.92. The molecule has 1 N–H and O–H groups in total. The van der Waals surface area contributed by atoms with Crippen LogP contribution in [-0.2, 0) is 11.3 Å². The zero-order chi connectivity index (χ0) is 17.9. The van der Waals surface area contributed by atoms with Gasteiger partial charge in [0.1, 0.15) is 18.2 Å². The van der Waals surface area contributed by atoms with Crippen molar-refractivity contribution in [2.45, 2.75) is 6.54 Å². The van der Waals surface area contributed by atoms with Crippen LogP contribution in [0.5, 0.6) is 0 Å². The number of aromatic nitrogens is 3. The van der Waals surface area contributed by atoms with E-state index in [1.165, 1.54) is 12.1 Å². The maximum Gasteiger partial charge on any atom is 0.244 e. The van der Waals surface area contributed by atoms with Gasteiger partial charge >= 0.3 is 0 Å². The van der Waals surface area contributed by atoms with Gasteiger partial charge in [0, 0.05) is 18.0 Å². The molecule has 0 saturated heterocycles. The number of nitrogens with zero attached hydrogens (tertiary/aromatic N) is 3. The average molecular weight is 346 g/mol. The van der Waals surface area contributed by atoms with Crippen molar-refractivity contribution < 1.29 is 9.18 Å². The number of rotatable bonds is 4. The molecule has 0 aliphatic rings. The molecule has 0 aliphatic heterocycles. The van der Waals surface area contributed by atoms with Crippen LogP contribution < -0.4 is 5.32 Å². The van der Waals surface area contributed by atoms with Gasteiger partial charge in [-0.3, -0.25) is 9.78 Å². The maximum absolute atomic E-state index is 13.8. The van der Waals surface area contributed by atoms with Gasteiger partial charge in [0.05, 0.1) is 16.7 Å². The molecule has 0 unspecified atom stereocenters. The lowest BCUT2D eigenvalue weighted by Crippen LogP contribution is -2.20. The zero-order valence-corrected chi connectivity index (χ0v) is 13.8. The molecule has 0 spiro atoms. The largest absolute Gasteiger partial charge is 0.322 e. The number of carbonyl (C=O) groups excluding carboxylic acids is 1. The third kappa shape index (κ3) is 3.04. The molecule has 6 heteroatoms. The van der Waals surface area contributed by atoms with Crippen molar-refractivity contribution in [2.24, 2.45) is 0 Å². The number of amides is 1. The van der Waals surface area contributed by atoms with Crippen LogP contribution in [0.25, 0.3) is 22.4 Å². The van der Waals surface area contributed by atoms with Crippen molar-refractivity contribution in [1.29, 1.82) is 0 Å². The minimum Gasteiger partial charge on any atom is -0.322 e. The monoisotopic (exact) mass is 346 g/mol. The van der Waals surface area contributed by atoms with E-state index < -0.39 is 5.82 Å². The van der Waals surface area contributed by atoms with Crippen LogP contribution in [0.1, 0.15) is 0 Å². The van der Waals surface area contributed by atoms with E-state index in [-0.39, 0.29) is 18.1 Å². The maximum atomic E-state index is 13.8. The van der Waals surface area contributed by atoms with Gasteiger partial charge in [0.15, 0.2) is 0 Å². The lowest BCUT2D eigenvalue weighted by atomic mass is 10.2. The number of para-hydroxylation sites is 3. The Morgan fingerprint density at radius 3 is 2.65 bits per heavy atom.